The highest BCUT2D eigenvalue weighted by atomic mass is 16.5. The SMILES string of the molecule is CCCn1ncnc1CNC(COC)C(C)C. The molecule has 0 bridgehead atoms. The third-order valence-electron chi connectivity index (χ3n) is 2.80. The van der Waals surface area contributed by atoms with Crippen LogP contribution in [0.1, 0.15) is 33.0 Å². The van der Waals surface area contributed by atoms with E-state index in [1.165, 1.54) is 0 Å². The van der Waals surface area contributed by atoms with Gasteiger partial charge in [0.25, 0.3) is 0 Å². The van der Waals surface area contributed by atoms with E-state index in [4.69, 9.17) is 4.74 Å². The number of nitrogens with one attached hydrogen (secondary N) is 1. The largest absolute Gasteiger partial charge is 0.383 e. The van der Waals surface area contributed by atoms with Crippen molar-refractivity contribution >= 4 is 0 Å². The summed E-state index contributed by atoms with van der Waals surface area (Å²) in [6.07, 6.45) is 2.69. The van der Waals surface area contributed by atoms with Gasteiger partial charge in [0.2, 0.25) is 0 Å². The van der Waals surface area contributed by atoms with Crippen LogP contribution in [0.15, 0.2) is 6.33 Å². The Kier molecular flexibility index (Phi) is 6.15. The lowest BCUT2D eigenvalue weighted by atomic mass is 10.1. The number of ether oxygens (including phenoxy) is 1. The van der Waals surface area contributed by atoms with Crippen LogP contribution >= 0.6 is 0 Å². The Morgan fingerprint density at radius 3 is 2.82 bits per heavy atom. The fraction of sp³-hybridized carbons (Fsp3) is 0.833. The first-order chi connectivity index (χ1) is 8.19. The lowest BCUT2D eigenvalue weighted by Gasteiger charge is -2.21. The minimum absolute atomic E-state index is 0.353. The van der Waals surface area contributed by atoms with E-state index in [9.17, 15) is 0 Å². The topological polar surface area (TPSA) is 52.0 Å². The molecule has 5 nitrogen and oxygen atoms in total. The Balaban J connectivity index is 2.49. The molecule has 5 heteroatoms. The van der Waals surface area contributed by atoms with Crippen LogP contribution in [0.25, 0.3) is 0 Å². The van der Waals surface area contributed by atoms with Gasteiger partial charge >= 0.3 is 0 Å². The summed E-state index contributed by atoms with van der Waals surface area (Å²) in [4.78, 5) is 4.27. The molecule has 1 rings (SSSR count). The van der Waals surface area contributed by atoms with Crippen molar-refractivity contribution in [2.75, 3.05) is 13.7 Å². The maximum Gasteiger partial charge on any atom is 0.140 e. The molecule has 0 aromatic carbocycles. The average Bonchev–Trinajstić information content (AvgIpc) is 2.72. The molecule has 0 aliphatic rings. The van der Waals surface area contributed by atoms with Crippen LogP contribution in [0.2, 0.25) is 0 Å². The van der Waals surface area contributed by atoms with Gasteiger partial charge in [-0.25, -0.2) is 9.67 Å². The molecule has 0 aliphatic carbocycles. The molecule has 0 saturated carbocycles. The Morgan fingerprint density at radius 2 is 2.24 bits per heavy atom. The molecular formula is C12H24N4O. The lowest BCUT2D eigenvalue weighted by molar-refractivity contribution is 0.145. The number of hydrogen-bond acceptors (Lipinski definition) is 4. The third-order valence-corrected chi connectivity index (χ3v) is 2.80. The Labute approximate surface area is 104 Å². The highest BCUT2D eigenvalue weighted by molar-refractivity contribution is 4.85. The van der Waals surface area contributed by atoms with Gasteiger partial charge in [0.1, 0.15) is 12.2 Å². The second-order valence-corrected chi connectivity index (χ2v) is 4.59. The third kappa shape index (κ3) is 4.44. The first-order valence-corrected chi connectivity index (χ1v) is 6.28. The number of aryl methyl sites for hydroxylation is 1. The highest BCUT2D eigenvalue weighted by Crippen LogP contribution is 2.04. The summed E-state index contributed by atoms with van der Waals surface area (Å²) in [6, 6.07) is 0.353. The Hall–Kier alpha value is -0.940. The highest BCUT2D eigenvalue weighted by Gasteiger charge is 2.13. The summed E-state index contributed by atoms with van der Waals surface area (Å²) in [5.41, 5.74) is 0. The van der Waals surface area contributed by atoms with Gasteiger partial charge in [-0.3, -0.25) is 0 Å². The first-order valence-electron chi connectivity index (χ1n) is 6.28. The molecule has 1 N–H and O–H groups in total. The van der Waals surface area contributed by atoms with E-state index in [0.717, 1.165) is 31.9 Å². The number of rotatable bonds is 8. The van der Waals surface area contributed by atoms with Gasteiger partial charge in [-0.1, -0.05) is 20.8 Å². The van der Waals surface area contributed by atoms with Crippen LogP contribution in [0.3, 0.4) is 0 Å². The molecule has 1 heterocycles. The molecular weight excluding hydrogens is 216 g/mol. The summed E-state index contributed by atoms with van der Waals surface area (Å²) in [7, 11) is 1.73. The number of hydrogen-bond donors (Lipinski definition) is 1. The van der Waals surface area contributed by atoms with E-state index in [2.05, 4.69) is 36.2 Å². The second kappa shape index (κ2) is 7.40. The number of aromatic nitrogens is 3. The fourth-order valence-electron chi connectivity index (χ4n) is 1.71. The van der Waals surface area contributed by atoms with Gasteiger partial charge in [0.05, 0.1) is 13.2 Å². The predicted octanol–water partition coefficient (Wildman–Crippen LogP) is 1.45. The van der Waals surface area contributed by atoms with Gasteiger partial charge in [0.15, 0.2) is 0 Å². The molecule has 1 aromatic heterocycles. The van der Waals surface area contributed by atoms with Crippen molar-refractivity contribution in [1.82, 2.24) is 20.1 Å². The summed E-state index contributed by atoms with van der Waals surface area (Å²) in [5.74, 6) is 1.53. The van der Waals surface area contributed by atoms with Crippen LogP contribution < -0.4 is 5.32 Å². The molecule has 0 saturated heterocycles. The molecule has 98 valence electrons. The number of methoxy groups -OCH3 is 1. The zero-order valence-corrected chi connectivity index (χ0v) is 11.3. The van der Waals surface area contributed by atoms with Crippen molar-refractivity contribution in [3.05, 3.63) is 12.2 Å². The van der Waals surface area contributed by atoms with Crippen molar-refractivity contribution < 1.29 is 4.74 Å². The van der Waals surface area contributed by atoms with Gasteiger partial charge in [-0.15, -0.1) is 0 Å². The molecule has 1 atom stereocenters. The van der Waals surface area contributed by atoms with E-state index >= 15 is 0 Å². The molecule has 0 spiro atoms. The van der Waals surface area contributed by atoms with Gasteiger partial charge in [-0.05, 0) is 12.3 Å². The molecule has 0 radical (unpaired) electrons. The van der Waals surface area contributed by atoms with E-state index in [-0.39, 0.29) is 0 Å². The zero-order chi connectivity index (χ0) is 12.7. The molecule has 0 aliphatic heterocycles. The van der Waals surface area contributed by atoms with Gasteiger partial charge in [-0.2, -0.15) is 5.10 Å². The standard InChI is InChI=1S/C12H24N4O/c1-5-6-16-12(14-9-15-16)7-13-11(8-17-4)10(2)3/h9-11,13H,5-8H2,1-4H3. The van der Waals surface area contributed by atoms with Crippen LogP contribution in [0.5, 0.6) is 0 Å². The summed E-state index contributed by atoms with van der Waals surface area (Å²) >= 11 is 0. The summed E-state index contributed by atoms with van der Waals surface area (Å²) in [6.45, 7) is 8.90. The Morgan fingerprint density at radius 1 is 1.47 bits per heavy atom. The summed E-state index contributed by atoms with van der Waals surface area (Å²) in [5, 5.41) is 7.68. The van der Waals surface area contributed by atoms with E-state index < -0.39 is 0 Å². The van der Waals surface area contributed by atoms with Crippen LogP contribution in [0.4, 0.5) is 0 Å². The smallest absolute Gasteiger partial charge is 0.140 e. The zero-order valence-electron chi connectivity index (χ0n) is 11.3. The molecule has 1 aromatic rings. The maximum absolute atomic E-state index is 5.21. The number of nitrogens with zero attached hydrogens (tertiary/aromatic N) is 3. The second-order valence-electron chi connectivity index (χ2n) is 4.59. The monoisotopic (exact) mass is 240 g/mol. The van der Waals surface area contributed by atoms with Gasteiger partial charge in [0, 0.05) is 19.7 Å². The molecule has 0 amide bonds. The maximum atomic E-state index is 5.21. The van der Waals surface area contributed by atoms with Crippen molar-refractivity contribution in [1.29, 1.82) is 0 Å². The summed E-state index contributed by atoms with van der Waals surface area (Å²) < 4.78 is 7.16. The normalized spacial score (nSPS) is 13.2. The van der Waals surface area contributed by atoms with Gasteiger partial charge < -0.3 is 10.1 Å². The quantitative estimate of drug-likeness (QED) is 0.747. The van der Waals surface area contributed by atoms with Crippen molar-refractivity contribution in [2.24, 2.45) is 5.92 Å². The molecule has 1 unspecified atom stereocenters. The predicted molar refractivity (Wildman–Crippen MR) is 67.7 cm³/mol. The van der Waals surface area contributed by atoms with Crippen molar-refractivity contribution in [2.45, 2.75) is 46.3 Å². The van der Waals surface area contributed by atoms with Crippen LogP contribution in [0, 0.1) is 5.92 Å². The van der Waals surface area contributed by atoms with Crippen molar-refractivity contribution in [3.63, 3.8) is 0 Å². The van der Waals surface area contributed by atoms with Crippen molar-refractivity contribution in [3.8, 4) is 0 Å². The fourth-order valence-corrected chi connectivity index (χ4v) is 1.71. The van der Waals surface area contributed by atoms with E-state index in [1.807, 2.05) is 4.68 Å². The lowest BCUT2D eigenvalue weighted by Crippen LogP contribution is -2.37. The molecule has 17 heavy (non-hydrogen) atoms. The van der Waals surface area contributed by atoms with Crippen LogP contribution in [-0.2, 0) is 17.8 Å². The minimum Gasteiger partial charge on any atom is -0.383 e. The van der Waals surface area contributed by atoms with Crippen LogP contribution in [-0.4, -0.2) is 34.5 Å². The van der Waals surface area contributed by atoms with E-state index in [1.54, 1.807) is 13.4 Å². The average molecular weight is 240 g/mol. The minimum atomic E-state index is 0.353. The molecule has 0 fully saturated rings. The first kappa shape index (κ1) is 14.1. The van der Waals surface area contributed by atoms with E-state index in [0.29, 0.717) is 12.0 Å². The Bertz CT molecular complexity index is 311.